The molecule has 0 aliphatic rings. The number of aromatic nitrogens is 1. The maximum absolute atomic E-state index is 6.12. The lowest BCUT2D eigenvalue weighted by atomic mass is 10.1. The third kappa shape index (κ3) is 5.58. The number of nitrogens with zero attached hydrogens (tertiary/aromatic N) is 1. The third-order valence-corrected chi connectivity index (χ3v) is 4.32. The van der Waals surface area contributed by atoms with Gasteiger partial charge in [-0.25, -0.2) is 4.98 Å². The van der Waals surface area contributed by atoms with Crippen molar-refractivity contribution in [2.75, 3.05) is 0 Å². The van der Waals surface area contributed by atoms with Crippen molar-refractivity contribution in [3.63, 3.8) is 0 Å². The van der Waals surface area contributed by atoms with Crippen molar-refractivity contribution in [1.82, 2.24) is 10.3 Å². The molecule has 0 amide bonds. The molecule has 0 bridgehead atoms. The summed E-state index contributed by atoms with van der Waals surface area (Å²) in [6.07, 6.45) is 0. The molecule has 0 aliphatic carbocycles. The van der Waals surface area contributed by atoms with E-state index in [4.69, 9.17) is 16.3 Å². The van der Waals surface area contributed by atoms with Crippen LogP contribution in [0.3, 0.4) is 0 Å². The Morgan fingerprint density at radius 3 is 2.81 bits per heavy atom. The Bertz CT molecular complexity index is 610. The fraction of sp³-hybridized carbons (Fsp3) is 0.400. The highest BCUT2D eigenvalue weighted by Crippen LogP contribution is 2.28. The topological polar surface area (TPSA) is 34.2 Å². The van der Waals surface area contributed by atoms with Crippen molar-refractivity contribution in [1.29, 1.82) is 0 Å². The lowest BCUT2D eigenvalue weighted by Crippen LogP contribution is -2.35. The molecule has 0 aliphatic heterocycles. The fourth-order valence-electron chi connectivity index (χ4n) is 1.58. The van der Waals surface area contributed by atoms with Crippen LogP contribution in [0.4, 0.5) is 0 Å². The Morgan fingerprint density at radius 1 is 1.38 bits per heavy atom. The fourth-order valence-corrected chi connectivity index (χ4v) is 3.03. The summed E-state index contributed by atoms with van der Waals surface area (Å²) in [5, 5.41) is 7.09. The van der Waals surface area contributed by atoms with Gasteiger partial charge < -0.3 is 10.1 Å². The Balaban J connectivity index is 1.90. The average Bonchev–Trinajstić information content (AvgIpc) is 2.82. The smallest absolute Gasteiger partial charge is 0.138 e. The van der Waals surface area contributed by atoms with Crippen LogP contribution in [0, 0.1) is 0 Å². The molecule has 0 saturated carbocycles. The molecular formula is C15H18BrClN2OS. The van der Waals surface area contributed by atoms with Crippen LogP contribution in [-0.2, 0) is 13.2 Å². The molecule has 114 valence electrons. The van der Waals surface area contributed by atoms with Gasteiger partial charge in [-0.1, -0.05) is 27.5 Å². The first-order chi connectivity index (χ1) is 9.83. The molecule has 1 N–H and O–H groups in total. The predicted octanol–water partition coefficient (Wildman–Crippen LogP) is 5.03. The van der Waals surface area contributed by atoms with E-state index in [0.29, 0.717) is 17.4 Å². The molecule has 3 nitrogen and oxygen atoms in total. The number of ether oxygens (including phenoxy) is 1. The van der Waals surface area contributed by atoms with Gasteiger partial charge in [0.05, 0.1) is 10.7 Å². The van der Waals surface area contributed by atoms with Gasteiger partial charge in [0, 0.05) is 21.9 Å². The Hall–Kier alpha value is -0.620. The highest BCUT2D eigenvalue weighted by atomic mass is 79.9. The summed E-state index contributed by atoms with van der Waals surface area (Å²) in [4.78, 5) is 4.55. The summed E-state index contributed by atoms with van der Waals surface area (Å²) in [5.74, 6) is 0.669. The highest BCUT2D eigenvalue weighted by Gasteiger charge is 2.11. The maximum Gasteiger partial charge on any atom is 0.138 e. The zero-order valence-electron chi connectivity index (χ0n) is 12.2. The van der Waals surface area contributed by atoms with E-state index in [-0.39, 0.29) is 5.54 Å². The summed E-state index contributed by atoms with van der Waals surface area (Å²) in [6, 6.07) is 5.57. The van der Waals surface area contributed by atoms with E-state index in [9.17, 15) is 0 Å². The number of hydrogen-bond acceptors (Lipinski definition) is 4. The van der Waals surface area contributed by atoms with Gasteiger partial charge in [0.15, 0.2) is 0 Å². The summed E-state index contributed by atoms with van der Waals surface area (Å²) < 4.78 is 6.64. The van der Waals surface area contributed by atoms with E-state index in [2.05, 4.69) is 47.0 Å². The van der Waals surface area contributed by atoms with Gasteiger partial charge in [-0.05, 0) is 39.0 Å². The first-order valence-corrected chi connectivity index (χ1v) is 8.65. The van der Waals surface area contributed by atoms with Crippen molar-refractivity contribution in [2.45, 2.75) is 39.5 Å². The first kappa shape index (κ1) is 16.7. The molecular weight excluding hydrogens is 372 g/mol. The molecule has 1 heterocycles. The van der Waals surface area contributed by atoms with Gasteiger partial charge in [0.1, 0.15) is 17.4 Å². The van der Waals surface area contributed by atoms with Crippen molar-refractivity contribution < 1.29 is 4.74 Å². The molecule has 21 heavy (non-hydrogen) atoms. The van der Waals surface area contributed by atoms with Crippen molar-refractivity contribution in [3.05, 3.63) is 43.8 Å². The Morgan fingerprint density at radius 2 is 2.14 bits per heavy atom. The van der Waals surface area contributed by atoms with Crippen molar-refractivity contribution in [2.24, 2.45) is 0 Å². The number of nitrogens with one attached hydrogen (secondary N) is 1. The minimum Gasteiger partial charge on any atom is -0.486 e. The van der Waals surface area contributed by atoms with Gasteiger partial charge in [-0.15, -0.1) is 11.3 Å². The number of halogens is 2. The predicted molar refractivity (Wildman–Crippen MR) is 92.2 cm³/mol. The molecule has 2 rings (SSSR count). The van der Waals surface area contributed by atoms with E-state index < -0.39 is 0 Å². The van der Waals surface area contributed by atoms with Crippen LogP contribution in [0.1, 0.15) is 31.5 Å². The second-order valence-electron chi connectivity index (χ2n) is 5.70. The van der Waals surface area contributed by atoms with Gasteiger partial charge in [0.25, 0.3) is 0 Å². The molecule has 1 aromatic heterocycles. The molecule has 0 saturated heterocycles. The second kappa shape index (κ2) is 7.09. The SMILES string of the molecule is CC(C)(C)NCc1nc(COc2ccc(Br)cc2Cl)cs1. The second-order valence-corrected chi connectivity index (χ2v) is 7.97. The number of rotatable bonds is 5. The van der Waals surface area contributed by atoms with Crippen LogP contribution in [0.2, 0.25) is 5.02 Å². The third-order valence-electron chi connectivity index (χ3n) is 2.64. The summed E-state index contributed by atoms with van der Waals surface area (Å²) >= 11 is 11.1. The van der Waals surface area contributed by atoms with Crippen LogP contribution in [0.25, 0.3) is 0 Å². The molecule has 0 spiro atoms. The number of thiazole rings is 1. The zero-order chi connectivity index (χ0) is 15.5. The van der Waals surface area contributed by atoms with Crippen molar-refractivity contribution in [3.8, 4) is 5.75 Å². The average molecular weight is 390 g/mol. The highest BCUT2D eigenvalue weighted by molar-refractivity contribution is 9.10. The maximum atomic E-state index is 6.12. The minimum absolute atomic E-state index is 0.0906. The number of benzene rings is 1. The van der Waals surface area contributed by atoms with E-state index in [1.807, 2.05) is 23.6 Å². The van der Waals surface area contributed by atoms with Crippen molar-refractivity contribution >= 4 is 38.9 Å². The minimum atomic E-state index is 0.0906. The lowest BCUT2D eigenvalue weighted by molar-refractivity contribution is 0.302. The van der Waals surface area contributed by atoms with E-state index in [0.717, 1.165) is 21.7 Å². The molecule has 6 heteroatoms. The molecule has 1 aromatic carbocycles. The molecule has 2 aromatic rings. The molecule has 0 radical (unpaired) electrons. The van der Waals surface area contributed by atoms with E-state index in [1.54, 1.807) is 11.3 Å². The summed E-state index contributed by atoms with van der Waals surface area (Å²) in [6.45, 7) is 7.61. The largest absolute Gasteiger partial charge is 0.486 e. The Kier molecular flexibility index (Phi) is 5.66. The number of hydrogen-bond donors (Lipinski definition) is 1. The van der Waals surface area contributed by atoms with Gasteiger partial charge >= 0.3 is 0 Å². The quantitative estimate of drug-likeness (QED) is 0.779. The van der Waals surface area contributed by atoms with Crippen LogP contribution in [-0.4, -0.2) is 10.5 Å². The van der Waals surface area contributed by atoms with Gasteiger partial charge in [0.2, 0.25) is 0 Å². The monoisotopic (exact) mass is 388 g/mol. The molecule has 0 unspecified atom stereocenters. The van der Waals surface area contributed by atoms with E-state index >= 15 is 0 Å². The Labute approximate surface area is 142 Å². The molecule has 0 atom stereocenters. The van der Waals surface area contributed by atoms with Gasteiger partial charge in [-0.2, -0.15) is 0 Å². The normalized spacial score (nSPS) is 11.7. The standard InChI is InChI=1S/C15H18BrClN2OS/c1-15(2,3)18-7-14-19-11(9-21-14)8-20-13-5-4-10(16)6-12(13)17/h4-6,9,18H,7-8H2,1-3H3. The lowest BCUT2D eigenvalue weighted by Gasteiger charge is -2.19. The zero-order valence-corrected chi connectivity index (χ0v) is 15.4. The van der Waals surface area contributed by atoms with Gasteiger partial charge in [-0.3, -0.25) is 0 Å². The van der Waals surface area contributed by atoms with Crippen LogP contribution in [0.5, 0.6) is 5.75 Å². The molecule has 0 fully saturated rings. The van der Waals surface area contributed by atoms with E-state index in [1.165, 1.54) is 0 Å². The summed E-state index contributed by atoms with van der Waals surface area (Å²) in [7, 11) is 0. The van der Waals surface area contributed by atoms with Crippen LogP contribution >= 0.6 is 38.9 Å². The van der Waals surface area contributed by atoms with Crippen LogP contribution < -0.4 is 10.1 Å². The summed E-state index contributed by atoms with van der Waals surface area (Å²) in [5.41, 5.74) is 1.01. The first-order valence-electron chi connectivity index (χ1n) is 6.60. The van der Waals surface area contributed by atoms with Crippen LogP contribution in [0.15, 0.2) is 28.1 Å².